The second-order valence-corrected chi connectivity index (χ2v) is 6.14. The molecule has 2 atom stereocenters. The van der Waals surface area contributed by atoms with Crippen molar-refractivity contribution in [1.82, 2.24) is 10.6 Å². The second-order valence-electron chi connectivity index (χ2n) is 4.87. The summed E-state index contributed by atoms with van der Waals surface area (Å²) in [5, 5.41) is 6.47. The summed E-state index contributed by atoms with van der Waals surface area (Å²) in [4.78, 5) is 13.3. The largest absolute Gasteiger partial charge is 0.354 e. The Morgan fingerprint density at radius 2 is 2.20 bits per heavy atom. The normalized spacial score (nSPS) is 19.1. The number of thioether (sulfide) groups is 1. The highest BCUT2D eigenvalue weighted by atomic mass is 35.5. The van der Waals surface area contributed by atoms with E-state index in [1.807, 2.05) is 18.2 Å². The lowest BCUT2D eigenvalue weighted by Crippen LogP contribution is -2.40. The predicted octanol–water partition coefficient (Wildman–Crippen LogP) is 2.85. The van der Waals surface area contributed by atoms with Crippen molar-refractivity contribution in [2.45, 2.75) is 42.4 Å². The van der Waals surface area contributed by atoms with Gasteiger partial charge in [-0.3, -0.25) is 4.79 Å². The van der Waals surface area contributed by atoms with Gasteiger partial charge in [0.05, 0.1) is 5.25 Å². The number of hydrogen-bond donors (Lipinski definition) is 2. The molecular weight excluding hydrogens is 292 g/mol. The van der Waals surface area contributed by atoms with Crippen molar-refractivity contribution in [2.24, 2.45) is 0 Å². The third-order valence-corrected chi connectivity index (χ3v) is 4.75. The van der Waals surface area contributed by atoms with Crippen molar-refractivity contribution in [3.8, 4) is 0 Å². The summed E-state index contributed by atoms with van der Waals surface area (Å²) < 4.78 is 0. The summed E-state index contributed by atoms with van der Waals surface area (Å²) in [6.45, 7) is 3.90. The van der Waals surface area contributed by atoms with E-state index in [4.69, 9.17) is 0 Å². The average Bonchev–Trinajstić information content (AvgIpc) is 2.96. The molecule has 1 saturated heterocycles. The molecule has 1 heterocycles. The molecule has 0 radical (unpaired) electrons. The van der Waals surface area contributed by atoms with Crippen LogP contribution in [0.15, 0.2) is 35.2 Å². The summed E-state index contributed by atoms with van der Waals surface area (Å²) >= 11 is 1.65. The van der Waals surface area contributed by atoms with Crippen LogP contribution in [-0.4, -0.2) is 30.3 Å². The van der Waals surface area contributed by atoms with E-state index in [1.165, 1.54) is 12.8 Å². The third-order valence-electron chi connectivity index (χ3n) is 3.37. The molecule has 1 aromatic carbocycles. The molecule has 2 rings (SSSR count). The van der Waals surface area contributed by atoms with Crippen LogP contribution < -0.4 is 10.6 Å². The van der Waals surface area contributed by atoms with Gasteiger partial charge in [-0.2, -0.15) is 0 Å². The predicted molar refractivity (Wildman–Crippen MR) is 87.7 cm³/mol. The number of carbonyl (C=O) groups is 1. The van der Waals surface area contributed by atoms with Gasteiger partial charge >= 0.3 is 0 Å². The molecule has 3 nitrogen and oxygen atoms in total. The Balaban J connectivity index is 0.00000200. The van der Waals surface area contributed by atoms with E-state index in [0.717, 1.165) is 24.4 Å². The van der Waals surface area contributed by atoms with Crippen molar-refractivity contribution < 1.29 is 4.79 Å². The van der Waals surface area contributed by atoms with Crippen LogP contribution in [0.4, 0.5) is 0 Å². The molecule has 1 aromatic rings. The van der Waals surface area contributed by atoms with Crippen molar-refractivity contribution in [3.63, 3.8) is 0 Å². The molecule has 112 valence electrons. The number of rotatable bonds is 6. The van der Waals surface area contributed by atoms with Gasteiger partial charge in [0.15, 0.2) is 0 Å². The lowest BCUT2D eigenvalue weighted by molar-refractivity contribution is -0.120. The Morgan fingerprint density at radius 1 is 1.45 bits per heavy atom. The Morgan fingerprint density at radius 3 is 2.80 bits per heavy atom. The van der Waals surface area contributed by atoms with E-state index < -0.39 is 0 Å². The molecular formula is C15H23ClN2OS. The monoisotopic (exact) mass is 314 g/mol. The number of amides is 1. The van der Waals surface area contributed by atoms with Crippen molar-refractivity contribution in [3.05, 3.63) is 30.3 Å². The molecule has 0 spiro atoms. The quantitative estimate of drug-likeness (QED) is 0.793. The first-order valence-electron chi connectivity index (χ1n) is 7.02. The number of benzene rings is 1. The van der Waals surface area contributed by atoms with Crippen LogP contribution >= 0.6 is 24.2 Å². The Bertz CT molecular complexity index is 396. The van der Waals surface area contributed by atoms with Crippen LogP contribution in [0.5, 0.6) is 0 Å². The molecule has 2 unspecified atom stereocenters. The van der Waals surface area contributed by atoms with Gasteiger partial charge in [0.25, 0.3) is 0 Å². The highest BCUT2D eigenvalue weighted by molar-refractivity contribution is 8.00. The van der Waals surface area contributed by atoms with Gasteiger partial charge < -0.3 is 10.6 Å². The summed E-state index contributed by atoms with van der Waals surface area (Å²) in [5.74, 6) is 0.157. The van der Waals surface area contributed by atoms with Crippen molar-refractivity contribution in [2.75, 3.05) is 13.1 Å². The number of carbonyl (C=O) groups excluding carboxylic acids is 1. The molecule has 2 N–H and O–H groups in total. The summed E-state index contributed by atoms with van der Waals surface area (Å²) in [6.07, 6.45) is 3.24. The number of nitrogens with one attached hydrogen (secondary N) is 2. The average molecular weight is 315 g/mol. The van der Waals surface area contributed by atoms with Crippen LogP contribution in [-0.2, 0) is 4.79 Å². The zero-order valence-electron chi connectivity index (χ0n) is 11.8. The fourth-order valence-corrected chi connectivity index (χ4v) is 3.25. The second kappa shape index (κ2) is 9.27. The topological polar surface area (TPSA) is 41.1 Å². The van der Waals surface area contributed by atoms with Crippen LogP contribution in [0.25, 0.3) is 0 Å². The maximum absolute atomic E-state index is 12.2. The number of hydrogen-bond acceptors (Lipinski definition) is 3. The fraction of sp³-hybridized carbons (Fsp3) is 0.533. The number of halogens is 1. The molecule has 20 heavy (non-hydrogen) atoms. The maximum Gasteiger partial charge on any atom is 0.233 e. The molecule has 0 aliphatic carbocycles. The van der Waals surface area contributed by atoms with Gasteiger partial charge in [-0.05, 0) is 37.9 Å². The minimum absolute atomic E-state index is 0. The Hall–Kier alpha value is -0.710. The first-order valence-corrected chi connectivity index (χ1v) is 7.90. The van der Waals surface area contributed by atoms with Crippen molar-refractivity contribution >= 4 is 30.1 Å². The van der Waals surface area contributed by atoms with E-state index in [9.17, 15) is 4.79 Å². The van der Waals surface area contributed by atoms with E-state index in [2.05, 4.69) is 29.7 Å². The highest BCUT2D eigenvalue weighted by Gasteiger charge is 2.20. The molecule has 0 aromatic heterocycles. The minimum Gasteiger partial charge on any atom is -0.354 e. The third kappa shape index (κ3) is 5.35. The van der Waals surface area contributed by atoms with E-state index in [0.29, 0.717) is 6.04 Å². The standard InChI is InChI=1S/C15H22N2OS.ClH/c1-2-14(19-13-8-4-3-5-9-13)15(18)17-11-12-7-6-10-16-12;/h3-5,8-9,12,14,16H,2,6-7,10-11H2,1H3,(H,17,18);1H. The van der Waals surface area contributed by atoms with E-state index in [-0.39, 0.29) is 23.6 Å². The van der Waals surface area contributed by atoms with Gasteiger partial charge in [0.1, 0.15) is 0 Å². The van der Waals surface area contributed by atoms with E-state index >= 15 is 0 Å². The van der Waals surface area contributed by atoms with Crippen LogP contribution in [0.1, 0.15) is 26.2 Å². The minimum atomic E-state index is 0. The Labute approximate surface area is 131 Å². The molecule has 0 saturated carbocycles. The molecule has 5 heteroatoms. The van der Waals surface area contributed by atoms with Gasteiger partial charge in [-0.25, -0.2) is 0 Å². The van der Waals surface area contributed by atoms with Gasteiger partial charge in [0.2, 0.25) is 5.91 Å². The van der Waals surface area contributed by atoms with Gasteiger partial charge in [-0.1, -0.05) is 25.1 Å². The Kier molecular flexibility index (Phi) is 8.04. The molecule has 1 aliphatic rings. The lowest BCUT2D eigenvalue weighted by atomic mass is 10.2. The van der Waals surface area contributed by atoms with Crippen molar-refractivity contribution in [1.29, 1.82) is 0 Å². The van der Waals surface area contributed by atoms with Crippen LogP contribution in [0.2, 0.25) is 0 Å². The van der Waals surface area contributed by atoms with Gasteiger partial charge in [0, 0.05) is 17.5 Å². The molecule has 1 aliphatic heterocycles. The molecule has 0 bridgehead atoms. The SMILES string of the molecule is CCC(Sc1ccccc1)C(=O)NCC1CCCN1.Cl. The molecule has 1 fully saturated rings. The van der Waals surface area contributed by atoms with E-state index in [1.54, 1.807) is 11.8 Å². The zero-order chi connectivity index (χ0) is 13.5. The molecule has 1 amide bonds. The zero-order valence-corrected chi connectivity index (χ0v) is 13.4. The maximum atomic E-state index is 12.2. The van der Waals surface area contributed by atoms with Gasteiger partial charge in [-0.15, -0.1) is 24.2 Å². The first kappa shape index (κ1) is 17.3. The summed E-state index contributed by atoms with van der Waals surface area (Å²) in [5.41, 5.74) is 0. The fourth-order valence-electron chi connectivity index (χ4n) is 2.25. The smallest absolute Gasteiger partial charge is 0.233 e. The lowest BCUT2D eigenvalue weighted by Gasteiger charge is -2.17. The highest BCUT2D eigenvalue weighted by Crippen LogP contribution is 2.25. The van der Waals surface area contributed by atoms with Crippen LogP contribution in [0.3, 0.4) is 0 Å². The summed E-state index contributed by atoms with van der Waals surface area (Å²) in [7, 11) is 0. The summed E-state index contributed by atoms with van der Waals surface area (Å²) in [6, 6.07) is 10.6. The first-order chi connectivity index (χ1) is 9.29. The van der Waals surface area contributed by atoms with Crippen LogP contribution in [0, 0.1) is 0 Å².